The quantitative estimate of drug-likeness (QED) is 0.0399. The van der Waals surface area contributed by atoms with Crippen LogP contribution in [0.25, 0.3) is 0 Å². The molecule has 0 saturated carbocycles. The van der Waals surface area contributed by atoms with Crippen molar-refractivity contribution in [3.05, 3.63) is 174 Å². The SMILES string of the molecule is CC1(C)C(=S)Nc2cc([N+](=O)[O-])c(NC(=O)c3ccncc3)cc21.CCC1C(=S)Nc2cc([N+](=O)[O-])c(NC(=O)c3ccccn3)cc21.CCC1C(=S)Nc2cc([N+](=O)[O-])c(NC(=O)c3cccnc3)cc21. The van der Waals surface area contributed by atoms with Crippen molar-refractivity contribution in [1.82, 2.24) is 15.0 Å². The summed E-state index contributed by atoms with van der Waals surface area (Å²) in [7, 11) is 0. The van der Waals surface area contributed by atoms with Crippen molar-refractivity contribution in [2.45, 2.75) is 57.8 Å². The molecule has 6 aromatic rings. The van der Waals surface area contributed by atoms with E-state index < -0.39 is 37.9 Å². The molecule has 21 nitrogen and oxygen atoms in total. The van der Waals surface area contributed by atoms with Gasteiger partial charge in [-0.05, 0) is 98.0 Å². The van der Waals surface area contributed by atoms with Gasteiger partial charge in [0, 0.05) is 83.4 Å². The lowest BCUT2D eigenvalue weighted by molar-refractivity contribution is -0.384. The van der Waals surface area contributed by atoms with E-state index in [1.54, 1.807) is 54.7 Å². The normalized spacial score (nSPS) is 15.2. The second kappa shape index (κ2) is 21.6. The number of pyridine rings is 3. The van der Waals surface area contributed by atoms with Crippen LogP contribution in [-0.2, 0) is 5.41 Å². The lowest BCUT2D eigenvalue weighted by atomic mass is 9.86. The van der Waals surface area contributed by atoms with E-state index in [1.807, 2.05) is 27.7 Å². The predicted molar refractivity (Wildman–Crippen MR) is 284 cm³/mol. The van der Waals surface area contributed by atoms with Crippen molar-refractivity contribution >= 4 is 121 Å². The van der Waals surface area contributed by atoms with Crippen LogP contribution < -0.4 is 31.9 Å². The van der Waals surface area contributed by atoms with Crippen LogP contribution in [0, 0.1) is 30.3 Å². The Morgan fingerprint density at radius 3 is 1.57 bits per heavy atom. The first-order valence-corrected chi connectivity index (χ1v) is 23.1. The van der Waals surface area contributed by atoms with Crippen LogP contribution >= 0.6 is 36.7 Å². The fourth-order valence-electron chi connectivity index (χ4n) is 7.97. The molecule has 0 fully saturated rings. The molecule has 24 heteroatoms. The lowest BCUT2D eigenvalue weighted by Gasteiger charge is -2.18. The molecule has 0 saturated heterocycles. The molecule has 6 N–H and O–H groups in total. The molecular weight excluding hydrogens is 985 g/mol. The molecule has 72 heavy (non-hydrogen) atoms. The minimum Gasteiger partial charge on any atom is -0.349 e. The number of nitrogens with zero attached hydrogens (tertiary/aromatic N) is 6. The van der Waals surface area contributed by atoms with Gasteiger partial charge >= 0.3 is 0 Å². The highest BCUT2D eigenvalue weighted by atomic mass is 32.1. The highest BCUT2D eigenvalue weighted by molar-refractivity contribution is 7.81. The van der Waals surface area contributed by atoms with Gasteiger partial charge in [-0.2, -0.15) is 0 Å². The standard InChI is InChI=1S/3C16H14N4O3S/c1-16(2)10-7-12(18-14(21)9-3-5-17-6-4-9)13(20(22)23)8-11(10)19-15(16)24;1-2-10-11-6-13(18-15(21)9-4-3-5-17-8-9)14(20(22)23)7-12(11)19-16(10)24;1-2-9-10-7-13(18-15(21)11-5-3-4-6-17-11)14(20(22)23)8-12(10)19-16(9)24/h3-8H,1-2H3,(H,18,21)(H,19,24);3-8,10H,2H2,1H3,(H,18,21)(H,19,24);3-9H,2H2,1H3,(H,18,21)(H,19,24). The molecule has 3 amide bonds. The van der Waals surface area contributed by atoms with Gasteiger partial charge in [0.05, 0.1) is 41.0 Å². The summed E-state index contributed by atoms with van der Waals surface area (Å²) in [6, 6.07) is 20.3. The number of amides is 3. The summed E-state index contributed by atoms with van der Waals surface area (Å²) < 4.78 is 0. The molecule has 3 aromatic carbocycles. The molecule has 3 aromatic heterocycles. The maximum atomic E-state index is 12.3. The van der Waals surface area contributed by atoms with Crippen LogP contribution in [0.1, 0.15) is 100 Å². The van der Waals surface area contributed by atoms with Crippen molar-refractivity contribution in [3.63, 3.8) is 0 Å². The van der Waals surface area contributed by atoms with Crippen molar-refractivity contribution in [3.8, 4) is 0 Å². The average Bonchev–Trinajstić information content (AvgIpc) is 3.94. The van der Waals surface area contributed by atoms with E-state index in [-0.39, 0.29) is 51.7 Å². The molecular formula is C48H42N12O9S3. The van der Waals surface area contributed by atoms with E-state index in [2.05, 4.69) is 46.9 Å². The minimum absolute atomic E-state index is 0.00940. The first kappa shape index (κ1) is 51.2. The third-order valence-corrected chi connectivity index (χ3v) is 13.2. The van der Waals surface area contributed by atoms with E-state index in [1.165, 1.54) is 55.1 Å². The van der Waals surface area contributed by atoms with E-state index in [0.29, 0.717) is 43.2 Å². The smallest absolute Gasteiger partial charge is 0.294 e. The van der Waals surface area contributed by atoms with E-state index >= 15 is 0 Å². The average molecular weight is 1030 g/mol. The van der Waals surface area contributed by atoms with Crippen LogP contribution in [0.5, 0.6) is 0 Å². The number of hydrogen-bond donors (Lipinski definition) is 6. The largest absolute Gasteiger partial charge is 0.349 e. The van der Waals surface area contributed by atoms with Gasteiger partial charge in [0.15, 0.2) is 0 Å². The molecule has 2 atom stereocenters. The first-order valence-electron chi connectivity index (χ1n) is 21.9. The summed E-state index contributed by atoms with van der Waals surface area (Å²) in [5, 5.41) is 50.9. The molecule has 6 heterocycles. The number of aromatic nitrogens is 3. The Kier molecular flexibility index (Phi) is 15.4. The Morgan fingerprint density at radius 1 is 0.597 bits per heavy atom. The van der Waals surface area contributed by atoms with Crippen LogP contribution in [0.3, 0.4) is 0 Å². The molecule has 3 aliphatic heterocycles. The fraction of sp³-hybridized carbons (Fsp3) is 0.188. The van der Waals surface area contributed by atoms with Crippen molar-refractivity contribution < 1.29 is 29.2 Å². The molecule has 0 aliphatic carbocycles. The number of fused-ring (bicyclic) bond motifs is 3. The Balaban J connectivity index is 0.000000158. The number of nitro benzene ring substituents is 3. The molecule has 0 bridgehead atoms. The number of carbonyl (C=O) groups excluding carboxylic acids is 3. The molecule has 0 radical (unpaired) electrons. The highest BCUT2D eigenvalue weighted by Gasteiger charge is 2.38. The Hall–Kier alpha value is -8.61. The molecule has 366 valence electrons. The van der Waals surface area contributed by atoms with Gasteiger partial charge in [0.1, 0.15) is 22.8 Å². The summed E-state index contributed by atoms with van der Waals surface area (Å²) in [5.74, 6) is -1.41. The highest BCUT2D eigenvalue weighted by Crippen LogP contribution is 2.45. The Bertz CT molecular complexity index is 3080. The molecule has 0 spiro atoms. The molecule has 2 unspecified atom stereocenters. The summed E-state index contributed by atoms with van der Waals surface area (Å²) in [6.07, 6.45) is 8.94. The zero-order valence-corrected chi connectivity index (χ0v) is 41.0. The van der Waals surface area contributed by atoms with Crippen molar-refractivity contribution in [2.24, 2.45) is 0 Å². The van der Waals surface area contributed by atoms with Gasteiger partial charge in [-0.3, -0.25) is 59.7 Å². The second-order valence-electron chi connectivity index (χ2n) is 16.6. The maximum absolute atomic E-state index is 12.3. The van der Waals surface area contributed by atoms with Crippen LogP contribution in [0.4, 0.5) is 51.2 Å². The number of carbonyl (C=O) groups is 3. The Labute approximate surface area is 426 Å². The van der Waals surface area contributed by atoms with E-state index in [0.717, 1.165) is 29.5 Å². The van der Waals surface area contributed by atoms with Crippen LogP contribution in [0.2, 0.25) is 0 Å². The number of thiocarbonyl (C=S) groups is 3. The van der Waals surface area contributed by atoms with Crippen LogP contribution in [-0.4, -0.2) is 62.4 Å². The summed E-state index contributed by atoms with van der Waals surface area (Å²) in [4.78, 5) is 82.9. The zero-order chi connectivity index (χ0) is 52.0. The zero-order valence-electron chi connectivity index (χ0n) is 38.5. The van der Waals surface area contributed by atoms with Crippen LogP contribution in [0.15, 0.2) is 110 Å². The predicted octanol–water partition coefficient (Wildman–Crippen LogP) is 10.2. The van der Waals surface area contributed by atoms with E-state index in [4.69, 9.17) is 36.7 Å². The molecule has 9 rings (SSSR count). The van der Waals surface area contributed by atoms with Gasteiger partial charge in [0.25, 0.3) is 34.8 Å². The third kappa shape index (κ3) is 10.9. The van der Waals surface area contributed by atoms with Crippen molar-refractivity contribution in [1.29, 1.82) is 0 Å². The number of hydrogen-bond acceptors (Lipinski definition) is 15. The minimum atomic E-state index is -0.529. The number of nitro groups is 3. The van der Waals surface area contributed by atoms with Gasteiger partial charge in [-0.15, -0.1) is 0 Å². The van der Waals surface area contributed by atoms with Gasteiger partial charge in [-0.25, -0.2) is 0 Å². The van der Waals surface area contributed by atoms with Crippen molar-refractivity contribution in [2.75, 3.05) is 31.9 Å². The first-order chi connectivity index (χ1) is 34.3. The van der Waals surface area contributed by atoms with E-state index in [9.17, 15) is 44.7 Å². The summed E-state index contributed by atoms with van der Waals surface area (Å²) in [5.41, 5.74) is 4.64. The maximum Gasteiger partial charge on any atom is 0.294 e. The number of nitrogens with one attached hydrogen (secondary N) is 6. The number of anilines is 6. The molecule has 3 aliphatic rings. The van der Waals surface area contributed by atoms with Gasteiger partial charge < -0.3 is 31.9 Å². The third-order valence-electron chi connectivity index (χ3n) is 11.8. The second-order valence-corrected chi connectivity index (χ2v) is 17.9. The topological polar surface area (TPSA) is 291 Å². The summed E-state index contributed by atoms with van der Waals surface area (Å²) in [6.45, 7) is 7.83. The fourth-order valence-corrected chi connectivity index (χ4v) is 9.00. The summed E-state index contributed by atoms with van der Waals surface area (Å²) >= 11 is 15.9. The van der Waals surface area contributed by atoms with Gasteiger partial charge in [-0.1, -0.05) is 56.6 Å². The lowest BCUT2D eigenvalue weighted by Crippen LogP contribution is -2.25. The monoisotopic (exact) mass is 1030 g/mol. The Morgan fingerprint density at radius 2 is 1.10 bits per heavy atom. The van der Waals surface area contributed by atoms with Gasteiger partial charge in [0.2, 0.25) is 0 Å². The number of rotatable bonds is 11. The number of benzene rings is 3.